The number of aromatic nitrogens is 2. The third kappa shape index (κ3) is 7.35. The molecule has 0 fully saturated rings. The largest absolute Gasteiger partial charge is 0.467 e. The Kier molecular flexibility index (Phi) is 8.21. The second kappa shape index (κ2) is 10.6. The molecule has 1 aromatic carbocycles. The summed E-state index contributed by atoms with van der Waals surface area (Å²) in [7, 11) is 1.29. The van der Waals surface area contributed by atoms with Crippen LogP contribution >= 0.6 is 23.5 Å². The minimum absolute atomic E-state index is 0.0275. The Morgan fingerprint density at radius 3 is 2.48 bits per heavy atom. The van der Waals surface area contributed by atoms with Gasteiger partial charge in [0.1, 0.15) is 17.7 Å². The predicted molar refractivity (Wildman–Crippen MR) is 108 cm³/mol. The third-order valence-electron chi connectivity index (χ3n) is 3.29. The number of nitrogens with two attached hydrogens (primary N) is 2. The molecule has 2 aromatic rings. The number of carbonyl (C=O) groups is 2. The SMILES string of the molecule is COC(=O)[C@@H](CSCc1ccccc1)NC(=O)CSc1nc(N)cc(N)n1. The number of anilines is 2. The number of benzene rings is 1. The van der Waals surface area contributed by atoms with Crippen LogP contribution in [0, 0.1) is 0 Å². The van der Waals surface area contributed by atoms with E-state index in [-0.39, 0.29) is 23.3 Å². The number of nitrogen functional groups attached to an aromatic ring is 2. The summed E-state index contributed by atoms with van der Waals surface area (Å²) in [5, 5.41) is 2.98. The van der Waals surface area contributed by atoms with Crippen molar-refractivity contribution >= 4 is 47.0 Å². The van der Waals surface area contributed by atoms with Crippen molar-refractivity contribution in [3.8, 4) is 0 Å². The van der Waals surface area contributed by atoms with Crippen molar-refractivity contribution in [2.24, 2.45) is 0 Å². The number of nitrogens with zero attached hydrogens (tertiary/aromatic N) is 2. The highest BCUT2D eigenvalue weighted by Crippen LogP contribution is 2.17. The molecule has 8 nitrogen and oxygen atoms in total. The number of methoxy groups -OCH3 is 1. The second-order valence-electron chi connectivity index (χ2n) is 5.43. The van der Waals surface area contributed by atoms with Crippen LogP contribution in [0.1, 0.15) is 5.56 Å². The average molecular weight is 408 g/mol. The third-order valence-corrected chi connectivity index (χ3v) is 5.25. The zero-order valence-electron chi connectivity index (χ0n) is 14.8. The molecule has 5 N–H and O–H groups in total. The van der Waals surface area contributed by atoms with Crippen molar-refractivity contribution in [1.29, 1.82) is 0 Å². The summed E-state index contributed by atoms with van der Waals surface area (Å²) in [6, 6.07) is 10.6. The number of carbonyl (C=O) groups excluding carboxylic acids is 2. The van der Waals surface area contributed by atoms with Gasteiger partial charge in [0.15, 0.2) is 5.16 Å². The lowest BCUT2D eigenvalue weighted by Crippen LogP contribution is -2.44. The molecule has 1 heterocycles. The summed E-state index contributed by atoms with van der Waals surface area (Å²) in [6.07, 6.45) is 0. The van der Waals surface area contributed by atoms with E-state index in [0.717, 1.165) is 23.1 Å². The smallest absolute Gasteiger partial charge is 0.329 e. The van der Waals surface area contributed by atoms with E-state index in [4.69, 9.17) is 16.2 Å². The average Bonchev–Trinajstić information content (AvgIpc) is 2.65. The molecule has 0 saturated carbocycles. The van der Waals surface area contributed by atoms with Crippen LogP contribution in [0.3, 0.4) is 0 Å². The molecule has 27 heavy (non-hydrogen) atoms. The second-order valence-corrected chi connectivity index (χ2v) is 7.41. The highest BCUT2D eigenvalue weighted by molar-refractivity contribution is 7.99. The van der Waals surface area contributed by atoms with Gasteiger partial charge < -0.3 is 21.5 Å². The molecule has 0 unspecified atom stereocenters. The van der Waals surface area contributed by atoms with Gasteiger partial charge in [0, 0.05) is 17.6 Å². The van der Waals surface area contributed by atoms with Crippen molar-refractivity contribution in [2.45, 2.75) is 17.0 Å². The van der Waals surface area contributed by atoms with E-state index in [2.05, 4.69) is 15.3 Å². The van der Waals surface area contributed by atoms with Gasteiger partial charge in [-0.1, -0.05) is 42.1 Å². The first kappa shape index (κ1) is 20.8. The fraction of sp³-hybridized carbons (Fsp3) is 0.294. The van der Waals surface area contributed by atoms with Gasteiger partial charge in [-0.15, -0.1) is 0 Å². The fourth-order valence-corrected chi connectivity index (χ4v) is 3.76. The van der Waals surface area contributed by atoms with Crippen LogP contribution in [0.5, 0.6) is 0 Å². The van der Waals surface area contributed by atoms with Crippen molar-refractivity contribution in [1.82, 2.24) is 15.3 Å². The van der Waals surface area contributed by atoms with Gasteiger partial charge in [0.2, 0.25) is 5.91 Å². The molecule has 0 aliphatic rings. The maximum atomic E-state index is 12.2. The lowest BCUT2D eigenvalue weighted by atomic mass is 10.2. The molecular formula is C17H21N5O3S2. The van der Waals surface area contributed by atoms with Gasteiger partial charge in [-0.25, -0.2) is 14.8 Å². The lowest BCUT2D eigenvalue weighted by molar-refractivity contribution is -0.144. The predicted octanol–water partition coefficient (Wildman–Crippen LogP) is 1.32. The molecule has 10 heteroatoms. The Balaban J connectivity index is 1.84. The first-order valence-corrected chi connectivity index (χ1v) is 10.1. The molecule has 0 radical (unpaired) electrons. The van der Waals surface area contributed by atoms with Crippen LogP contribution in [0.15, 0.2) is 41.6 Å². The van der Waals surface area contributed by atoms with E-state index < -0.39 is 12.0 Å². The van der Waals surface area contributed by atoms with E-state index in [9.17, 15) is 9.59 Å². The van der Waals surface area contributed by atoms with Gasteiger partial charge in [-0.3, -0.25) is 4.79 Å². The zero-order valence-corrected chi connectivity index (χ0v) is 16.4. The highest BCUT2D eigenvalue weighted by atomic mass is 32.2. The van der Waals surface area contributed by atoms with Crippen molar-refractivity contribution in [3.63, 3.8) is 0 Å². The minimum atomic E-state index is -0.733. The number of hydrogen-bond acceptors (Lipinski definition) is 9. The molecule has 0 aliphatic heterocycles. The zero-order chi connectivity index (χ0) is 19.6. The molecule has 0 aliphatic carbocycles. The van der Waals surface area contributed by atoms with Crippen molar-refractivity contribution < 1.29 is 14.3 Å². The summed E-state index contributed by atoms with van der Waals surface area (Å²) < 4.78 is 4.78. The summed E-state index contributed by atoms with van der Waals surface area (Å²) in [6.45, 7) is 0. The van der Waals surface area contributed by atoms with E-state index >= 15 is 0 Å². The topological polar surface area (TPSA) is 133 Å². The number of hydrogen-bond donors (Lipinski definition) is 3. The van der Waals surface area contributed by atoms with Gasteiger partial charge in [0.25, 0.3) is 0 Å². The summed E-state index contributed by atoms with van der Waals surface area (Å²) in [4.78, 5) is 32.1. The van der Waals surface area contributed by atoms with Crippen LogP contribution in [0.25, 0.3) is 0 Å². The Morgan fingerprint density at radius 1 is 1.19 bits per heavy atom. The summed E-state index contributed by atoms with van der Waals surface area (Å²) in [5.41, 5.74) is 12.3. The number of ether oxygens (including phenoxy) is 1. The maximum absolute atomic E-state index is 12.2. The fourth-order valence-electron chi connectivity index (χ4n) is 2.07. The number of nitrogens with one attached hydrogen (secondary N) is 1. The monoisotopic (exact) mass is 407 g/mol. The Hall–Kier alpha value is -2.46. The Labute approximate surface area is 165 Å². The number of amides is 1. The number of thioether (sulfide) groups is 2. The van der Waals surface area contributed by atoms with Gasteiger partial charge in [-0.2, -0.15) is 11.8 Å². The molecule has 0 bridgehead atoms. The van der Waals surface area contributed by atoms with E-state index in [1.165, 1.54) is 24.9 Å². The van der Waals surface area contributed by atoms with Gasteiger partial charge in [-0.05, 0) is 5.56 Å². The molecule has 0 saturated heterocycles. The molecular weight excluding hydrogens is 386 g/mol. The van der Waals surface area contributed by atoms with Crippen LogP contribution in [-0.4, -0.2) is 46.5 Å². The molecule has 1 amide bonds. The lowest BCUT2D eigenvalue weighted by Gasteiger charge is -2.16. The van der Waals surface area contributed by atoms with Gasteiger partial charge in [0.05, 0.1) is 12.9 Å². The maximum Gasteiger partial charge on any atom is 0.329 e. The van der Waals surface area contributed by atoms with Crippen LogP contribution in [0.4, 0.5) is 11.6 Å². The van der Waals surface area contributed by atoms with Crippen LogP contribution in [-0.2, 0) is 20.1 Å². The molecule has 1 aromatic heterocycles. The molecule has 0 spiro atoms. The molecule has 1 atom stereocenters. The quantitative estimate of drug-likeness (QED) is 0.320. The minimum Gasteiger partial charge on any atom is -0.467 e. The normalized spacial score (nSPS) is 11.6. The molecule has 144 valence electrons. The first-order chi connectivity index (χ1) is 13.0. The summed E-state index contributed by atoms with van der Waals surface area (Å²) in [5.74, 6) is 0.804. The van der Waals surface area contributed by atoms with Gasteiger partial charge >= 0.3 is 5.97 Å². The van der Waals surface area contributed by atoms with Crippen molar-refractivity contribution in [3.05, 3.63) is 42.0 Å². The highest BCUT2D eigenvalue weighted by Gasteiger charge is 2.21. The van der Waals surface area contributed by atoms with Crippen LogP contribution in [0.2, 0.25) is 0 Å². The summed E-state index contributed by atoms with van der Waals surface area (Å²) >= 11 is 2.62. The molecule has 2 rings (SSSR count). The standard InChI is InChI=1S/C17H21N5O3S2/c1-25-16(24)12(9-26-8-11-5-3-2-4-6-11)20-15(23)10-27-17-21-13(18)7-14(19)22-17/h2-7,12H,8-10H2,1H3,(H,20,23)(H4,18,19,21,22)/t12-/m1/s1. The number of rotatable bonds is 9. The van der Waals surface area contributed by atoms with E-state index in [1.54, 1.807) is 0 Å². The Bertz CT molecular complexity index is 756. The first-order valence-electron chi connectivity index (χ1n) is 7.99. The van der Waals surface area contributed by atoms with E-state index in [0.29, 0.717) is 10.9 Å². The number of esters is 1. The van der Waals surface area contributed by atoms with E-state index in [1.807, 2.05) is 30.3 Å². The Morgan fingerprint density at radius 2 is 1.85 bits per heavy atom. The van der Waals surface area contributed by atoms with Crippen molar-refractivity contribution in [2.75, 3.05) is 30.1 Å². The van der Waals surface area contributed by atoms with Crippen LogP contribution < -0.4 is 16.8 Å².